The number of nitrogens with zero attached hydrogens (tertiary/aromatic N) is 1. The first-order valence-corrected chi connectivity index (χ1v) is 10.6. The van der Waals surface area contributed by atoms with Gasteiger partial charge in [0.25, 0.3) is 0 Å². The molecule has 0 aliphatic carbocycles. The summed E-state index contributed by atoms with van der Waals surface area (Å²) in [5.74, 6) is -0.137. The number of hydrogen-bond donors (Lipinski definition) is 2. The fraction of sp³-hybridized carbons (Fsp3) is 0.458. The molecule has 0 spiro atoms. The third-order valence-corrected chi connectivity index (χ3v) is 4.97. The highest BCUT2D eigenvalue weighted by atomic mass is 16.2. The molecule has 0 aromatic heterocycles. The van der Waals surface area contributed by atoms with Gasteiger partial charge in [-0.2, -0.15) is 0 Å². The van der Waals surface area contributed by atoms with Gasteiger partial charge >= 0.3 is 0 Å². The number of benzene rings is 2. The average Bonchev–Trinajstić information content (AvgIpc) is 2.71. The van der Waals surface area contributed by atoms with E-state index in [9.17, 15) is 14.4 Å². The van der Waals surface area contributed by atoms with Crippen LogP contribution < -0.4 is 10.6 Å². The number of fused-ring (bicyclic) bond motifs is 1. The van der Waals surface area contributed by atoms with Crippen LogP contribution in [0.5, 0.6) is 0 Å². The number of ketones is 1. The molecular weight excluding hydrogens is 378 g/mol. The normalized spacial score (nSPS) is 12.0. The summed E-state index contributed by atoms with van der Waals surface area (Å²) >= 11 is 0. The summed E-state index contributed by atoms with van der Waals surface area (Å²) in [5, 5.41) is 7.95. The first-order valence-electron chi connectivity index (χ1n) is 10.6. The predicted molar refractivity (Wildman–Crippen MR) is 121 cm³/mol. The Labute approximate surface area is 179 Å². The van der Waals surface area contributed by atoms with Crippen LogP contribution in [0.15, 0.2) is 42.5 Å². The lowest BCUT2D eigenvalue weighted by atomic mass is 10.0. The van der Waals surface area contributed by atoms with Crippen LogP contribution in [0.3, 0.4) is 0 Å². The molecule has 6 nitrogen and oxygen atoms in total. The van der Waals surface area contributed by atoms with E-state index in [-0.39, 0.29) is 24.1 Å². The van der Waals surface area contributed by atoms with Crippen molar-refractivity contribution in [3.63, 3.8) is 0 Å². The molecule has 0 saturated carbocycles. The van der Waals surface area contributed by atoms with Crippen LogP contribution in [0, 0.1) is 0 Å². The molecule has 30 heavy (non-hydrogen) atoms. The Morgan fingerprint density at radius 2 is 1.70 bits per heavy atom. The molecule has 0 unspecified atom stereocenters. The topological polar surface area (TPSA) is 78.5 Å². The molecule has 1 atom stereocenters. The number of nitrogens with one attached hydrogen (secondary N) is 2. The van der Waals surface area contributed by atoms with Gasteiger partial charge in [-0.25, -0.2) is 0 Å². The van der Waals surface area contributed by atoms with Crippen LogP contribution in [0.1, 0.15) is 45.4 Å². The van der Waals surface area contributed by atoms with Crippen molar-refractivity contribution in [1.29, 1.82) is 0 Å². The average molecular weight is 412 g/mol. The van der Waals surface area contributed by atoms with Gasteiger partial charge in [0.2, 0.25) is 11.8 Å². The van der Waals surface area contributed by atoms with Gasteiger partial charge < -0.3 is 15.5 Å². The lowest BCUT2D eigenvalue weighted by molar-refractivity contribution is -0.127. The van der Waals surface area contributed by atoms with Gasteiger partial charge in [0.1, 0.15) is 11.8 Å². The maximum Gasteiger partial charge on any atom is 0.246 e. The van der Waals surface area contributed by atoms with Crippen LogP contribution >= 0.6 is 0 Å². The van der Waals surface area contributed by atoms with Crippen molar-refractivity contribution < 1.29 is 14.4 Å². The van der Waals surface area contributed by atoms with Crippen molar-refractivity contribution in [1.82, 2.24) is 10.2 Å². The van der Waals surface area contributed by atoms with Crippen molar-refractivity contribution in [3.8, 4) is 0 Å². The Morgan fingerprint density at radius 1 is 0.967 bits per heavy atom. The largest absolute Gasteiger partial charge is 0.343 e. The van der Waals surface area contributed by atoms with Gasteiger partial charge in [0.15, 0.2) is 0 Å². The minimum Gasteiger partial charge on any atom is -0.343 e. The maximum atomic E-state index is 12.9. The first kappa shape index (κ1) is 23.5. The molecule has 0 heterocycles. The second kappa shape index (κ2) is 12.1. The Morgan fingerprint density at radius 3 is 2.40 bits per heavy atom. The number of anilines is 1. The van der Waals surface area contributed by atoms with Crippen LogP contribution in [-0.4, -0.2) is 49.2 Å². The van der Waals surface area contributed by atoms with Gasteiger partial charge in [-0.05, 0) is 49.8 Å². The second-order valence-electron chi connectivity index (χ2n) is 7.90. The van der Waals surface area contributed by atoms with Gasteiger partial charge in [0, 0.05) is 18.5 Å². The zero-order valence-electron chi connectivity index (χ0n) is 18.2. The van der Waals surface area contributed by atoms with Gasteiger partial charge in [-0.15, -0.1) is 0 Å². The molecule has 0 aliphatic heterocycles. The number of hydrogen-bond acceptors (Lipinski definition) is 4. The molecule has 2 amide bonds. The van der Waals surface area contributed by atoms with Crippen LogP contribution in [0.2, 0.25) is 0 Å². The third-order valence-electron chi connectivity index (χ3n) is 4.97. The van der Waals surface area contributed by atoms with Crippen LogP contribution in [0.25, 0.3) is 10.8 Å². The fourth-order valence-electron chi connectivity index (χ4n) is 3.32. The molecule has 2 rings (SSSR count). The Balaban J connectivity index is 1.98. The summed E-state index contributed by atoms with van der Waals surface area (Å²) in [6.45, 7) is 2.10. The van der Waals surface area contributed by atoms with E-state index in [2.05, 4.69) is 10.6 Å². The number of amides is 2. The van der Waals surface area contributed by atoms with Gasteiger partial charge in [-0.1, -0.05) is 50.1 Å². The van der Waals surface area contributed by atoms with Crippen molar-refractivity contribution in [2.24, 2.45) is 0 Å². The lowest BCUT2D eigenvalue weighted by Gasteiger charge is -2.20. The van der Waals surface area contributed by atoms with E-state index in [1.54, 1.807) is 4.90 Å². The molecule has 2 aromatic carbocycles. The van der Waals surface area contributed by atoms with Crippen molar-refractivity contribution in [2.75, 3.05) is 26.0 Å². The Hall–Kier alpha value is -2.73. The highest BCUT2D eigenvalue weighted by Gasteiger charge is 2.21. The summed E-state index contributed by atoms with van der Waals surface area (Å²) < 4.78 is 0. The summed E-state index contributed by atoms with van der Waals surface area (Å²) in [4.78, 5) is 38.3. The summed E-state index contributed by atoms with van der Waals surface area (Å²) in [7, 11) is 3.63. The number of carbonyl (C=O) groups is 3. The van der Waals surface area contributed by atoms with E-state index in [0.717, 1.165) is 30.0 Å². The van der Waals surface area contributed by atoms with Crippen LogP contribution in [0.4, 0.5) is 5.69 Å². The molecule has 0 bridgehead atoms. The quantitative estimate of drug-likeness (QED) is 0.522. The van der Waals surface area contributed by atoms with E-state index in [0.29, 0.717) is 24.9 Å². The minimum absolute atomic E-state index is 0.181. The molecule has 2 aromatic rings. The monoisotopic (exact) mass is 411 g/mol. The highest BCUT2D eigenvalue weighted by molar-refractivity contribution is 5.99. The number of likely N-dealkylation sites (N-methyl/N-ethyl adjacent to an activating group) is 1. The number of rotatable bonds is 12. The zero-order valence-corrected chi connectivity index (χ0v) is 18.2. The van der Waals surface area contributed by atoms with Gasteiger partial charge in [0.05, 0.1) is 6.54 Å². The fourth-order valence-corrected chi connectivity index (χ4v) is 3.32. The van der Waals surface area contributed by atoms with Crippen molar-refractivity contribution in [3.05, 3.63) is 42.5 Å². The van der Waals surface area contributed by atoms with E-state index >= 15 is 0 Å². The van der Waals surface area contributed by atoms with E-state index < -0.39 is 6.04 Å². The van der Waals surface area contributed by atoms with E-state index in [1.807, 2.05) is 63.5 Å². The molecule has 162 valence electrons. The Bertz CT molecular complexity index is 864. The Kier molecular flexibility index (Phi) is 9.48. The molecule has 2 N–H and O–H groups in total. The lowest BCUT2D eigenvalue weighted by Crippen LogP contribution is -2.46. The van der Waals surface area contributed by atoms with Crippen LogP contribution in [-0.2, 0) is 14.4 Å². The molecule has 0 saturated heterocycles. The second-order valence-corrected chi connectivity index (χ2v) is 7.90. The highest BCUT2D eigenvalue weighted by Crippen LogP contribution is 2.19. The third kappa shape index (κ3) is 7.95. The molecule has 0 radical (unpaired) electrons. The molecule has 0 fully saturated rings. The van der Waals surface area contributed by atoms with Crippen molar-refractivity contribution in [2.45, 2.75) is 51.5 Å². The minimum atomic E-state index is -0.606. The van der Waals surface area contributed by atoms with E-state index in [1.165, 1.54) is 0 Å². The standard InChI is InChI=1S/C24H33N3O3/c1-4-21(28)12-6-5-7-13-22(26-23(29)17-27(2)3)24(30)25-20-15-14-18-10-8-9-11-19(18)16-20/h8-11,14-16,22H,4-7,12-13,17H2,1-3H3,(H,25,30)(H,26,29)/t22-/m0/s1. The molecular formula is C24H33N3O3. The first-order chi connectivity index (χ1) is 14.4. The molecule has 0 aliphatic rings. The number of carbonyl (C=O) groups excluding carboxylic acids is 3. The summed E-state index contributed by atoms with van der Waals surface area (Å²) in [5.41, 5.74) is 0.708. The smallest absolute Gasteiger partial charge is 0.246 e. The van der Waals surface area contributed by atoms with Gasteiger partial charge in [-0.3, -0.25) is 14.4 Å². The SMILES string of the molecule is CCC(=O)CCCCC[C@H](NC(=O)CN(C)C)C(=O)Nc1ccc2ccccc2c1. The summed E-state index contributed by atoms with van der Waals surface area (Å²) in [6, 6.07) is 13.1. The summed E-state index contributed by atoms with van der Waals surface area (Å²) in [6.07, 6.45) is 4.13. The maximum absolute atomic E-state index is 12.9. The van der Waals surface area contributed by atoms with E-state index in [4.69, 9.17) is 0 Å². The zero-order chi connectivity index (χ0) is 21.9. The predicted octanol–water partition coefficient (Wildman–Crippen LogP) is 3.75. The molecule has 6 heteroatoms. The van der Waals surface area contributed by atoms with Crippen molar-refractivity contribution >= 4 is 34.1 Å². The number of unbranched alkanes of at least 4 members (excludes halogenated alkanes) is 2. The number of Topliss-reactive ketones (excluding diaryl/α,β-unsaturated/α-hetero) is 1.